The van der Waals surface area contributed by atoms with Crippen LogP contribution in [0.15, 0.2) is 109 Å². The molecule has 2 radical (unpaired) electrons. The summed E-state index contributed by atoms with van der Waals surface area (Å²) in [5.74, 6) is 0. The van der Waals surface area contributed by atoms with Crippen molar-refractivity contribution >= 4 is 28.4 Å². The van der Waals surface area contributed by atoms with E-state index in [4.69, 9.17) is 0 Å². The second-order valence-corrected chi connectivity index (χ2v) is 20.3. The van der Waals surface area contributed by atoms with E-state index in [0.717, 1.165) is 0 Å². The first kappa shape index (κ1) is 52.3. The first-order valence-corrected chi connectivity index (χ1v) is 26.3. The van der Waals surface area contributed by atoms with Crippen LogP contribution < -0.4 is 0 Å². The summed E-state index contributed by atoms with van der Waals surface area (Å²) in [7, 11) is 0. The summed E-state index contributed by atoms with van der Waals surface area (Å²) in [5.41, 5.74) is 27.1. The molecule has 8 aromatic rings. The van der Waals surface area contributed by atoms with Gasteiger partial charge in [-0.15, -0.1) is 44.8 Å². The Morgan fingerprint density at radius 2 is 0.547 bits per heavy atom. The van der Waals surface area contributed by atoms with Gasteiger partial charge in [0.1, 0.15) is 0 Å². The van der Waals surface area contributed by atoms with Gasteiger partial charge in [-0.3, -0.25) is 0 Å². The van der Waals surface area contributed by atoms with Crippen molar-refractivity contribution in [1.29, 1.82) is 0 Å². The molecule has 8 rings (SSSR count). The van der Waals surface area contributed by atoms with Crippen molar-refractivity contribution in [2.45, 2.75) is 122 Å². The zero-order chi connectivity index (χ0) is 45.6. The minimum atomic E-state index is 0. The molecule has 2 heteroatoms. The SMILES string of the molecule is Cc1cc(C)cc(-c2ccc(-c3cc(C)cc(C)c3)c3c(C)c(C(C)(C)C)[cH-]c23)c1.Cc1cc(C)cc(-c2ccc(-c3cc(C)cc(C)c3)c3c(C)c(C(C)(C)C)[cH-]c23)c1.[CH3-].[CH3-].[Si]=[Zr]. The van der Waals surface area contributed by atoms with Crippen LogP contribution >= 0.6 is 0 Å². The molecule has 0 aliphatic carbocycles. The van der Waals surface area contributed by atoms with Crippen LogP contribution in [0.25, 0.3) is 66.1 Å². The zero-order valence-corrected chi connectivity index (χ0v) is 45.9. The Morgan fingerprint density at radius 1 is 0.344 bits per heavy atom. The van der Waals surface area contributed by atoms with Crippen LogP contribution in [0.5, 0.6) is 0 Å². The maximum absolute atomic E-state index is 3.06. The topological polar surface area (TPSA) is 0 Å². The summed E-state index contributed by atoms with van der Waals surface area (Å²) < 4.78 is 0. The molecule has 0 saturated carbocycles. The van der Waals surface area contributed by atoms with Gasteiger partial charge in [0.15, 0.2) is 0 Å². The second-order valence-electron chi connectivity index (χ2n) is 20.3. The van der Waals surface area contributed by atoms with E-state index >= 15 is 0 Å². The van der Waals surface area contributed by atoms with E-state index in [1.165, 1.54) is 156 Å². The van der Waals surface area contributed by atoms with E-state index in [-0.39, 0.29) is 25.7 Å². The van der Waals surface area contributed by atoms with Crippen molar-refractivity contribution < 1.29 is 23.3 Å². The first-order chi connectivity index (χ1) is 29.1. The molecule has 0 atom stereocenters. The molecule has 0 amide bonds. The molecule has 0 N–H and O–H groups in total. The van der Waals surface area contributed by atoms with E-state index in [2.05, 4.69) is 227 Å². The van der Waals surface area contributed by atoms with Crippen LogP contribution in [0, 0.1) is 84.1 Å². The molecule has 0 saturated heterocycles. The standard InChI is InChI=1S/2C30H33.2CH3.Si.Zr/c2*1-18-11-19(2)14-23(13-18)25-9-10-26(24-15-20(3)12-21(4)16-24)29-22(5)28(17-27(25)29)30(6,7)8;;;;/h2*9-17H,1-8H3;2*1H3;;/q4*-1;;. The fraction of sp³-hybridized carbons (Fsp3) is 0.290. The third-order valence-electron chi connectivity index (χ3n) is 12.4. The summed E-state index contributed by atoms with van der Waals surface area (Å²) >= 11 is 1.36. The number of fused-ring (bicyclic) bond motifs is 2. The molecule has 0 unspecified atom stereocenters. The van der Waals surface area contributed by atoms with Gasteiger partial charge in [-0.1, -0.05) is 230 Å². The number of aryl methyl sites for hydroxylation is 10. The molecule has 64 heavy (non-hydrogen) atoms. The van der Waals surface area contributed by atoms with Crippen molar-refractivity contribution in [2.75, 3.05) is 0 Å². The van der Waals surface area contributed by atoms with Gasteiger partial charge in [0, 0.05) is 0 Å². The molecule has 0 aliphatic heterocycles. The normalized spacial score (nSPS) is 11.3. The number of hydrogen-bond donors (Lipinski definition) is 0. The summed E-state index contributed by atoms with van der Waals surface area (Å²) in [4.78, 5) is 0. The third-order valence-corrected chi connectivity index (χ3v) is 12.4. The van der Waals surface area contributed by atoms with E-state index in [0.29, 0.717) is 0 Å². The van der Waals surface area contributed by atoms with E-state index in [9.17, 15) is 0 Å². The average molecular weight is 937 g/mol. The molecule has 0 spiro atoms. The Hall–Kier alpha value is -4.36. The number of rotatable bonds is 4. The van der Waals surface area contributed by atoms with Crippen molar-refractivity contribution in [3.8, 4) is 44.5 Å². The predicted molar refractivity (Wildman–Crippen MR) is 284 cm³/mol. The third kappa shape index (κ3) is 11.0. The summed E-state index contributed by atoms with van der Waals surface area (Å²) in [6, 6.07) is 41.8. The Morgan fingerprint density at radius 3 is 0.766 bits per heavy atom. The predicted octanol–water partition coefficient (Wildman–Crippen LogP) is 18.0. The fourth-order valence-corrected chi connectivity index (χ4v) is 10.2. The molecule has 0 aliphatic rings. The van der Waals surface area contributed by atoms with Gasteiger partial charge in [-0.05, 0) is 77.3 Å². The number of benzene rings is 6. The molecule has 0 heterocycles. The van der Waals surface area contributed by atoms with Crippen LogP contribution in [0.4, 0.5) is 0 Å². The Balaban J connectivity index is 0.000000262. The summed E-state index contributed by atoms with van der Waals surface area (Å²) in [6.45, 7) is 39.1. The minimum absolute atomic E-state index is 0. The maximum atomic E-state index is 3.06. The molecule has 8 aromatic carbocycles. The Bertz CT molecular complexity index is 2660. The van der Waals surface area contributed by atoms with Crippen LogP contribution in [-0.4, -0.2) is 6.88 Å². The monoisotopic (exact) mass is 934 g/mol. The van der Waals surface area contributed by atoms with Crippen molar-refractivity contribution in [2.24, 2.45) is 0 Å². The molecule has 332 valence electrons. The van der Waals surface area contributed by atoms with Gasteiger partial charge in [0.2, 0.25) is 0 Å². The van der Waals surface area contributed by atoms with E-state index in [1.807, 2.05) is 0 Å². The molecular formula is C62H72SiZr-4. The number of hydrogen-bond acceptors (Lipinski definition) is 0. The summed E-state index contributed by atoms with van der Waals surface area (Å²) in [6.07, 6.45) is 0. The van der Waals surface area contributed by atoms with Crippen molar-refractivity contribution in [1.82, 2.24) is 0 Å². The van der Waals surface area contributed by atoms with Gasteiger partial charge in [-0.2, -0.15) is 11.1 Å². The molecule has 0 aromatic heterocycles. The molecule has 0 fully saturated rings. The molecule has 0 bridgehead atoms. The van der Waals surface area contributed by atoms with Crippen LogP contribution in [0.3, 0.4) is 0 Å². The summed E-state index contributed by atoms with van der Waals surface area (Å²) in [5, 5.41) is 5.56. The fourth-order valence-electron chi connectivity index (χ4n) is 10.2. The molecular weight excluding hydrogens is 864 g/mol. The van der Waals surface area contributed by atoms with Gasteiger partial charge in [0.05, 0.1) is 0 Å². The quantitative estimate of drug-likeness (QED) is 0.122. The van der Waals surface area contributed by atoms with Gasteiger partial charge in [-0.25, -0.2) is 0 Å². The first-order valence-electron chi connectivity index (χ1n) is 22.2. The molecule has 0 nitrogen and oxygen atoms in total. The Kier molecular flexibility index (Phi) is 16.7. The van der Waals surface area contributed by atoms with Crippen molar-refractivity contribution in [3.63, 3.8) is 0 Å². The van der Waals surface area contributed by atoms with Gasteiger partial charge in [0.25, 0.3) is 0 Å². The van der Waals surface area contributed by atoms with Gasteiger partial charge >= 0.3 is 30.2 Å². The zero-order valence-electron chi connectivity index (χ0n) is 42.4. The average Bonchev–Trinajstić information content (AvgIpc) is 3.71. The second kappa shape index (κ2) is 20.4. The van der Waals surface area contributed by atoms with E-state index in [1.54, 1.807) is 0 Å². The van der Waals surface area contributed by atoms with Crippen LogP contribution in [0.1, 0.15) is 108 Å². The van der Waals surface area contributed by atoms with Gasteiger partial charge < -0.3 is 14.9 Å². The van der Waals surface area contributed by atoms with Crippen LogP contribution in [-0.2, 0) is 34.2 Å². The Labute approximate surface area is 405 Å². The van der Waals surface area contributed by atoms with Crippen molar-refractivity contribution in [3.05, 3.63) is 191 Å². The van der Waals surface area contributed by atoms with Crippen LogP contribution in [0.2, 0.25) is 0 Å². The van der Waals surface area contributed by atoms with E-state index < -0.39 is 0 Å².